The van der Waals surface area contributed by atoms with E-state index in [1.54, 1.807) is 4.90 Å². The molecule has 1 heterocycles. The lowest BCUT2D eigenvalue weighted by atomic mass is 9.94. The maximum Gasteiger partial charge on any atom is 0.322 e. The summed E-state index contributed by atoms with van der Waals surface area (Å²) < 4.78 is 2.06. The van der Waals surface area contributed by atoms with Crippen molar-refractivity contribution in [3.63, 3.8) is 0 Å². The summed E-state index contributed by atoms with van der Waals surface area (Å²) in [6, 6.07) is 12.1. The third-order valence-electron chi connectivity index (χ3n) is 6.66. The van der Waals surface area contributed by atoms with Gasteiger partial charge in [-0.25, -0.2) is 4.79 Å². The first-order valence-corrected chi connectivity index (χ1v) is 11.6. The highest BCUT2D eigenvalue weighted by atomic mass is 16.2. The molecule has 6 nitrogen and oxygen atoms in total. The van der Waals surface area contributed by atoms with E-state index in [4.69, 9.17) is 0 Å². The molecule has 0 aliphatic heterocycles. The molecule has 0 radical (unpaired) electrons. The van der Waals surface area contributed by atoms with Crippen LogP contribution in [-0.2, 0) is 18.4 Å². The minimum absolute atomic E-state index is 0.0502. The van der Waals surface area contributed by atoms with Crippen LogP contribution in [0.4, 0.5) is 10.5 Å². The molecule has 2 aromatic rings. The van der Waals surface area contributed by atoms with Gasteiger partial charge in [0.25, 0.3) is 0 Å². The van der Waals surface area contributed by atoms with E-state index in [2.05, 4.69) is 16.0 Å². The van der Waals surface area contributed by atoms with Gasteiger partial charge < -0.3 is 19.7 Å². The average Bonchev–Trinajstić information content (AvgIpc) is 3.54. The summed E-state index contributed by atoms with van der Waals surface area (Å²) in [6.45, 7) is 2.73. The minimum Gasteiger partial charge on any atom is -0.353 e. The Morgan fingerprint density at radius 2 is 1.68 bits per heavy atom. The van der Waals surface area contributed by atoms with Crippen LogP contribution in [0.3, 0.4) is 0 Å². The smallest absolute Gasteiger partial charge is 0.322 e. The quantitative estimate of drug-likeness (QED) is 0.704. The highest BCUT2D eigenvalue weighted by molar-refractivity contribution is 5.93. The molecule has 0 bridgehead atoms. The second-order valence-electron chi connectivity index (χ2n) is 9.03. The van der Waals surface area contributed by atoms with Crippen LogP contribution in [0.5, 0.6) is 0 Å². The van der Waals surface area contributed by atoms with Crippen LogP contribution in [0.1, 0.15) is 56.2 Å². The zero-order valence-corrected chi connectivity index (χ0v) is 18.7. The average molecular weight is 423 g/mol. The molecule has 31 heavy (non-hydrogen) atoms. The molecule has 166 valence electrons. The maximum atomic E-state index is 13.4. The van der Waals surface area contributed by atoms with Crippen LogP contribution in [-0.4, -0.2) is 44.9 Å². The molecular weight excluding hydrogens is 388 g/mol. The largest absolute Gasteiger partial charge is 0.353 e. The Morgan fingerprint density at radius 1 is 0.968 bits per heavy atom. The van der Waals surface area contributed by atoms with Crippen LogP contribution in [0, 0.1) is 6.92 Å². The first-order chi connectivity index (χ1) is 15.0. The molecule has 0 saturated heterocycles. The van der Waals surface area contributed by atoms with E-state index >= 15 is 0 Å². The van der Waals surface area contributed by atoms with E-state index in [1.807, 2.05) is 55.4 Å². The Morgan fingerprint density at radius 3 is 2.32 bits per heavy atom. The number of carbonyl (C=O) groups is 2. The summed E-state index contributed by atoms with van der Waals surface area (Å²) in [4.78, 5) is 30.5. The normalized spacial score (nSPS) is 16.7. The van der Waals surface area contributed by atoms with Gasteiger partial charge in [0.2, 0.25) is 5.91 Å². The molecule has 0 spiro atoms. The summed E-state index contributed by atoms with van der Waals surface area (Å²) in [5.74, 6) is 0.0502. The van der Waals surface area contributed by atoms with Crippen molar-refractivity contribution in [2.75, 3.05) is 11.9 Å². The van der Waals surface area contributed by atoms with Gasteiger partial charge in [-0.15, -0.1) is 0 Å². The molecule has 6 heteroatoms. The second kappa shape index (κ2) is 9.58. The zero-order chi connectivity index (χ0) is 21.8. The molecule has 1 aromatic carbocycles. The second-order valence-corrected chi connectivity index (χ2v) is 9.03. The van der Waals surface area contributed by atoms with Crippen molar-refractivity contribution in [1.29, 1.82) is 0 Å². The Hall–Kier alpha value is -2.76. The van der Waals surface area contributed by atoms with E-state index in [-0.39, 0.29) is 24.5 Å². The van der Waals surface area contributed by atoms with Gasteiger partial charge in [0, 0.05) is 36.7 Å². The van der Waals surface area contributed by atoms with Gasteiger partial charge in [-0.05, 0) is 56.4 Å². The number of aryl methyl sites for hydroxylation is 2. The fourth-order valence-corrected chi connectivity index (χ4v) is 4.54. The predicted octanol–water partition coefficient (Wildman–Crippen LogP) is 4.69. The number of benzene rings is 1. The Kier molecular flexibility index (Phi) is 6.64. The summed E-state index contributed by atoms with van der Waals surface area (Å²) in [7, 11) is 2.01. The number of aromatic nitrogens is 1. The number of nitrogens with zero attached hydrogens (tertiary/aromatic N) is 3. The van der Waals surface area contributed by atoms with E-state index < -0.39 is 0 Å². The van der Waals surface area contributed by atoms with Crippen LogP contribution >= 0.6 is 0 Å². The molecule has 2 aliphatic carbocycles. The number of anilines is 1. The van der Waals surface area contributed by atoms with E-state index in [0.29, 0.717) is 12.6 Å². The van der Waals surface area contributed by atoms with Gasteiger partial charge in [-0.1, -0.05) is 37.5 Å². The van der Waals surface area contributed by atoms with Gasteiger partial charge in [0.15, 0.2) is 0 Å². The number of para-hydroxylation sites is 1. The van der Waals surface area contributed by atoms with Crippen molar-refractivity contribution in [2.24, 2.45) is 7.05 Å². The monoisotopic (exact) mass is 422 g/mol. The lowest BCUT2D eigenvalue weighted by Crippen LogP contribution is -2.50. The van der Waals surface area contributed by atoms with Crippen LogP contribution in [0.15, 0.2) is 42.6 Å². The third-order valence-corrected chi connectivity index (χ3v) is 6.66. The van der Waals surface area contributed by atoms with Crippen LogP contribution < -0.4 is 5.32 Å². The van der Waals surface area contributed by atoms with Crippen LogP contribution in [0.25, 0.3) is 0 Å². The minimum atomic E-state index is -0.163. The number of nitrogens with one attached hydrogen (secondary N) is 1. The van der Waals surface area contributed by atoms with Crippen molar-refractivity contribution < 1.29 is 9.59 Å². The van der Waals surface area contributed by atoms with Crippen molar-refractivity contribution in [2.45, 2.75) is 70.5 Å². The zero-order valence-electron chi connectivity index (χ0n) is 18.7. The molecule has 3 amide bonds. The SMILES string of the molecule is Cc1ccccc1NC(=O)N(CC(=O)N(Cc1cccn1C)C1CC1)C1CCCCC1. The number of carbonyl (C=O) groups excluding carboxylic acids is 2. The van der Waals surface area contributed by atoms with E-state index in [9.17, 15) is 9.59 Å². The maximum absolute atomic E-state index is 13.4. The molecule has 2 saturated carbocycles. The van der Waals surface area contributed by atoms with Crippen molar-refractivity contribution in [3.05, 3.63) is 53.9 Å². The molecule has 4 rings (SSSR count). The van der Waals surface area contributed by atoms with Crippen molar-refractivity contribution in [3.8, 4) is 0 Å². The number of hydrogen-bond acceptors (Lipinski definition) is 2. The van der Waals surface area contributed by atoms with Crippen molar-refractivity contribution >= 4 is 17.6 Å². The van der Waals surface area contributed by atoms with Gasteiger partial charge >= 0.3 is 6.03 Å². The van der Waals surface area contributed by atoms with Gasteiger partial charge in [0.1, 0.15) is 6.54 Å². The van der Waals surface area contributed by atoms with E-state index in [0.717, 1.165) is 55.5 Å². The summed E-state index contributed by atoms with van der Waals surface area (Å²) in [6.07, 6.45) is 9.48. The Labute approximate surface area is 185 Å². The molecule has 0 atom stereocenters. The van der Waals surface area contributed by atoms with Crippen LogP contribution in [0.2, 0.25) is 0 Å². The summed E-state index contributed by atoms with van der Waals surface area (Å²) in [5.41, 5.74) is 2.95. The molecule has 2 aliphatic rings. The molecule has 1 N–H and O–H groups in total. The molecule has 2 fully saturated rings. The fourth-order valence-electron chi connectivity index (χ4n) is 4.54. The predicted molar refractivity (Wildman–Crippen MR) is 123 cm³/mol. The Bertz CT molecular complexity index is 912. The van der Waals surface area contributed by atoms with Crippen molar-refractivity contribution in [1.82, 2.24) is 14.4 Å². The molecule has 0 unspecified atom stereocenters. The van der Waals surface area contributed by atoms with Gasteiger partial charge in [-0.3, -0.25) is 4.79 Å². The topological polar surface area (TPSA) is 57.6 Å². The molecular formula is C25H34N4O2. The lowest BCUT2D eigenvalue weighted by molar-refractivity contribution is -0.133. The Balaban J connectivity index is 1.50. The number of urea groups is 1. The van der Waals surface area contributed by atoms with Gasteiger partial charge in [0.05, 0.1) is 6.54 Å². The highest BCUT2D eigenvalue weighted by Crippen LogP contribution is 2.30. The number of amides is 3. The molecule has 1 aromatic heterocycles. The lowest BCUT2D eigenvalue weighted by Gasteiger charge is -2.35. The summed E-state index contributed by atoms with van der Waals surface area (Å²) >= 11 is 0. The fraction of sp³-hybridized carbons (Fsp3) is 0.520. The highest BCUT2D eigenvalue weighted by Gasteiger charge is 2.36. The number of rotatable bonds is 7. The standard InChI is InChI=1S/C25H34N4O2/c1-19-9-6-7-13-23(19)26-25(31)29(20-10-4-3-5-11-20)18-24(30)28(21-14-15-21)17-22-12-8-16-27(22)2/h6-9,12-13,16,20-21H,3-5,10-11,14-15,17-18H2,1-2H3,(H,26,31). The van der Waals surface area contributed by atoms with Gasteiger partial charge in [-0.2, -0.15) is 0 Å². The summed E-state index contributed by atoms with van der Waals surface area (Å²) in [5, 5.41) is 3.06. The first-order valence-electron chi connectivity index (χ1n) is 11.6. The first kappa shape index (κ1) is 21.5. The number of hydrogen-bond donors (Lipinski definition) is 1. The third kappa shape index (κ3) is 5.30. The van der Waals surface area contributed by atoms with E-state index in [1.165, 1.54) is 6.42 Å².